The highest BCUT2D eigenvalue weighted by Crippen LogP contribution is 2.44. The van der Waals surface area contributed by atoms with Crippen molar-refractivity contribution in [2.24, 2.45) is 5.73 Å². The fourth-order valence-corrected chi connectivity index (χ4v) is 19.3. The van der Waals surface area contributed by atoms with E-state index in [0.29, 0.717) is 155 Å². The number of rotatable bonds is 27. The lowest BCUT2D eigenvalue weighted by molar-refractivity contribution is -0.148. The lowest BCUT2D eigenvalue weighted by Crippen LogP contribution is -2.49. The highest BCUT2D eigenvalue weighted by Gasteiger charge is 2.49. The van der Waals surface area contributed by atoms with Gasteiger partial charge in [-0.15, -0.1) is 0 Å². The van der Waals surface area contributed by atoms with Crippen LogP contribution >= 0.6 is 46.4 Å². The fourth-order valence-electron chi connectivity index (χ4n) is 18.7. The summed E-state index contributed by atoms with van der Waals surface area (Å²) in [6.45, 7) is 25.1. The van der Waals surface area contributed by atoms with Gasteiger partial charge in [0.2, 0.25) is 23.7 Å². The van der Waals surface area contributed by atoms with Gasteiger partial charge in [0.05, 0.1) is 55.5 Å². The van der Waals surface area contributed by atoms with Crippen LogP contribution in [0.4, 0.5) is 101 Å². The number of piperidine rings is 4. The zero-order valence-electron chi connectivity index (χ0n) is 81.2. The van der Waals surface area contributed by atoms with Crippen molar-refractivity contribution in [1.29, 1.82) is 0 Å². The van der Waals surface area contributed by atoms with Crippen LogP contribution in [-0.4, -0.2) is 221 Å². The molecule has 4 saturated heterocycles. The van der Waals surface area contributed by atoms with E-state index in [1.54, 1.807) is 30.7 Å². The van der Waals surface area contributed by atoms with Crippen LogP contribution in [0.5, 0.6) is 0 Å². The van der Waals surface area contributed by atoms with E-state index in [0.717, 1.165) is 140 Å². The van der Waals surface area contributed by atoms with Crippen LogP contribution in [0.1, 0.15) is 220 Å². The molecule has 8 aromatic heterocycles. The Hall–Kier alpha value is -11.7. The maximum Gasteiger partial charge on any atom is 0.401 e. The maximum absolute atomic E-state index is 15.0. The summed E-state index contributed by atoms with van der Waals surface area (Å²) >= 11 is 25.2. The van der Waals surface area contributed by atoms with Crippen LogP contribution in [0.3, 0.4) is 0 Å². The summed E-state index contributed by atoms with van der Waals surface area (Å²) in [4.78, 5) is 70.0. The van der Waals surface area contributed by atoms with Crippen LogP contribution in [0, 0.1) is 75.1 Å². The lowest BCUT2D eigenvalue weighted by Gasteiger charge is -2.35. The summed E-state index contributed by atoms with van der Waals surface area (Å²) in [6, 6.07) is 24.0. The van der Waals surface area contributed by atoms with Crippen LogP contribution in [-0.2, 0) is 22.4 Å². The second kappa shape index (κ2) is 45.3. The van der Waals surface area contributed by atoms with E-state index in [4.69, 9.17) is 57.1 Å². The number of aryl methyl sites for hydroxylation is 10. The smallest absolute Gasteiger partial charge is 0.342 e. The maximum atomic E-state index is 15.0. The van der Waals surface area contributed by atoms with Crippen LogP contribution in [0.25, 0.3) is 0 Å². The number of alkyl halides is 6. The van der Waals surface area contributed by atoms with Gasteiger partial charge in [0.15, 0.2) is 46.5 Å². The number of hydrogen-bond acceptors (Lipinski definition) is 24. The molecule has 750 valence electrons. The predicted octanol–water partition coefficient (Wildman–Crippen LogP) is 21.5. The summed E-state index contributed by atoms with van der Waals surface area (Å²) in [6.07, 6.45) is 9.30. The number of carbonyl (C=O) groups excluding carboxylic acids is 2. The van der Waals surface area contributed by atoms with Gasteiger partial charge in [-0.3, -0.25) is 34.9 Å². The largest absolute Gasteiger partial charge is 0.401 e. The molecule has 6 aliphatic rings. The van der Waals surface area contributed by atoms with Gasteiger partial charge in [0, 0.05) is 110 Å². The zero-order chi connectivity index (χ0) is 100. The Balaban J connectivity index is 0.000000142. The molecular weight excluding hydrogens is 1900 g/mol. The average Bonchev–Trinajstić information content (AvgIpc) is 1.62. The highest BCUT2D eigenvalue weighted by molar-refractivity contribution is 6.34. The van der Waals surface area contributed by atoms with E-state index in [-0.39, 0.29) is 40.9 Å². The standard InChI is InChI=1S/C28H36ClN7O.C25H30ClF3N6.C25H31ClN8O.C22H24ClF4N7/c1-17-12-22(19-7-9-36(10-8-19)27(37)16-35(3)4)18(2)11-21(17)13-25-30-15-23(29)28(31-25)32-26-14-24(33-34-26)20-5-6-20;1-15-11-20(18-4-7-35(8-5-18)9-6-25(27,28)29)16(2)10-19(15)13-22-30-14-21(26)24(31-22)32-23-12-17(3)33-34-23;1-14-10-20(29-24-28-12-19(26)22(31-24)30-21-11-16(3)32-33-21)15(2)9-18(14)17-5-4-8-34(13-17)23(35)25(27)6-7-25;1-12-7-18(17(24)9-15(12)14-3-5-34(6-4-14)11-22(25,26)27)29-21-28-10-16(23)20(31-21)30-19-8-13(2)32-33-19/h11-12,14-15,19-20H,5-10,13,16H2,1-4H3,(H2,30,31,32,33,34);10-12,14,18H,4-9,13H2,1-3H3,(H2,30,31,32,33,34);9-12,17H,4-8,13,27H2,1-3H3,(H3,28,29,30,31,32,33);7-10,14H,3-6,11H2,1-2H3,(H3,28,29,30,31,32,33). The molecule has 0 bridgehead atoms. The number of likely N-dealkylation sites (N-methyl/N-ethyl adjacent to an activating group) is 1. The normalized spacial score (nSPS) is 16.6. The zero-order valence-corrected chi connectivity index (χ0v) is 84.2. The van der Waals surface area contributed by atoms with Crippen molar-refractivity contribution < 1.29 is 40.3 Å². The number of benzene rings is 4. The molecule has 18 rings (SSSR count). The molecule has 0 radical (unpaired) electrons. The molecule has 0 spiro atoms. The monoisotopic (exact) mass is 2020 g/mol. The van der Waals surface area contributed by atoms with Gasteiger partial charge >= 0.3 is 12.4 Å². The predicted molar refractivity (Wildman–Crippen MR) is 538 cm³/mol. The van der Waals surface area contributed by atoms with Crippen LogP contribution in [0.15, 0.2) is 97.6 Å². The van der Waals surface area contributed by atoms with Crippen molar-refractivity contribution in [2.75, 3.05) is 118 Å². The Kier molecular flexibility index (Phi) is 33.3. The minimum absolute atomic E-state index is 0.00734. The summed E-state index contributed by atoms with van der Waals surface area (Å²) < 4.78 is 90.5. The SMILES string of the molecule is Cc1cc(C2CCN(C(=O)CN(C)C)CC2)c(C)cc1Cc1ncc(Cl)c(Nc2cc(C3CC3)[nH]n2)n1.Cc1cc(Nc2nc(Cc3cc(C)c(C4CCN(CCC(F)(F)F)CC4)cc3C)ncc2Cl)n[nH]1.Cc1cc(Nc2nc(Nc3cc(C)c(C4CCCN(C(=O)C5(N)CC5)C4)cc3C)ncc2Cl)n[nH]1.Cc1cc(Nc2nc(Nc3cc(C)c(C4CCN(CC(F)(F)F)CC4)cc3F)ncc2Cl)n[nH]1. The molecule has 6 fully saturated rings. The van der Waals surface area contributed by atoms with E-state index in [2.05, 4.69) is 186 Å². The van der Waals surface area contributed by atoms with Crippen molar-refractivity contribution in [3.05, 3.63) is 230 Å². The van der Waals surface area contributed by atoms with Crippen molar-refractivity contribution in [3.63, 3.8) is 0 Å². The number of nitrogens with zero attached hydrogens (tertiary/aromatic N) is 17. The molecule has 12 N–H and O–H groups in total. The molecule has 1 unspecified atom stereocenters. The van der Waals surface area contributed by atoms with Crippen molar-refractivity contribution in [2.45, 2.75) is 213 Å². The molecule has 30 nitrogen and oxygen atoms in total. The van der Waals surface area contributed by atoms with E-state index in [1.807, 2.05) is 79.6 Å². The van der Waals surface area contributed by atoms with Crippen molar-refractivity contribution in [1.82, 2.24) is 105 Å². The Morgan fingerprint density at radius 3 is 1.30 bits per heavy atom. The Morgan fingerprint density at radius 1 is 0.440 bits per heavy atom. The third-order valence-corrected chi connectivity index (χ3v) is 27.8. The Morgan fingerprint density at radius 2 is 0.851 bits per heavy atom. The summed E-state index contributed by atoms with van der Waals surface area (Å²) in [5, 5.41) is 48.7. The number of aromatic nitrogens is 16. The summed E-state index contributed by atoms with van der Waals surface area (Å²) in [5.41, 5.74) is 25.7. The molecule has 2 aliphatic carbocycles. The van der Waals surface area contributed by atoms with Crippen molar-refractivity contribution >= 4 is 128 Å². The number of hydrogen-bond donors (Lipinski definition) is 11. The van der Waals surface area contributed by atoms with Gasteiger partial charge in [-0.25, -0.2) is 34.3 Å². The molecular formula is C100H121Cl4F7N28O2. The second-order valence-corrected chi connectivity index (χ2v) is 40.0. The Bertz CT molecular complexity index is 6390. The number of likely N-dealkylation sites (tertiary alicyclic amines) is 4. The molecule has 12 heterocycles. The number of carbonyl (C=O) groups is 2. The van der Waals surface area contributed by atoms with Crippen molar-refractivity contribution in [3.8, 4) is 0 Å². The number of nitrogens with two attached hydrogens (primary N) is 1. The first-order chi connectivity index (χ1) is 67.1. The average molecular weight is 2020 g/mol. The van der Waals surface area contributed by atoms with Gasteiger partial charge < -0.3 is 57.2 Å². The van der Waals surface area contributed by atoms with Gasteiger partial charge in [-0.1, -0.05) is 76.7 Å². The van der Waals surface area contributed by atoms with Gasteiger partial charge in [0.1, 0.15) is 37.6 Å². The molecule has 41 heteroatoms. The number of nitrogens with one attached hydrogen (secondary N) is 10. The summed E-state index contributed by atoms with van der Waals surface area (Å²) in [5.74, 6) is 7.93. The number of aromatic amines is 4. The molecule has 4 aromatic carbocycles. The molecule has 12 aromatic rings. The van der Waals surface area contributed by atoms with E-state index >= 15 is 0 Å². The van der Waals surface area contributed by atoms with Crippen LogP contribution < -0.4 is 37.6 Å². The first-order valence-corrected chi connectivity index (χ1v) is 49.2. The fraction of sp³-hybridized carbons (Fsp3) is 0.460. The van der Waals surface area contributed by atoms with E-state index < -0.39 is 36.7 Å². The first-order valence-electron chi connectivity index (χ1n) is 47.6. The van der Waals surface area contributed by atoms with Gasteiger partial charge in [-0.2, -0.15) is 56.7 Å². The van der Waals surface area contributed by atoms with Crippen LogP contribution in [0.2, 0.25) is 20.1 Å². The quantitative estimate of drug-likeness (QED) is 0.0213. The number of halogens is 11. The summed E-state index contributed by atoms with van der Waals surface area (Å²) in [7, 11) is 3.88. The number of anilines is 12. The third kappa shape index (κ3) is 28.2. The van der Waals surface area contributed by atoms with Gasteiger partial charge in [0.25, 0.3) is 0 Å². The van der Waals surface area contributed by atoms with E-state index in [1.165, 1.54) is 74.5 Å². The highest BCUT2D eigenvalue weighted by atomic mass is 35.5. The number of H-pyrrole nitrogens is 4. The minimum atomic E-state index is -4.21. The van der Waals surface area contributed by atoms with E-state index in [9.17, 15) is 40.3 Å². The molecule has 141 heavy (non-hydrogen) atoms. The molecule has 2 saturated carbocycles. The Labute approximate surface area is 835 Å². The lowest BCUT2D eigenvalue weighted by atomic mass is 9.84. The first kappa shape index (κ1) is 104. The van der Waals surface area contributed by atoms with Gasteiger partial charge in [-0.05, 0) is 295 Å². The molecule has 1 atom stereocenters. The third-order valence-electron chi connectivity index (χ3n) is 26.7. The minimum Gasteiger partial charge on any atom is -0.342 e. The number of amides is 2. The molecule has 4 aliphatic heterocycles. The second-order valence-electron chi connectivity index (χ2n) is 38.4. The molecule has 2 amide bonds. The topological polar surface area (TPSA) is 366 Å².